The normalized spacial score (nSPS) is 14.7. The molecule has 8 heteroatoms. The molecule has 35 heavy (non-hydrogen) atoms. The molecule has 1 fully saturated rings. The number of hydrogen-bond donors (Lipinski definition) is 2. The number of carbonyl (C=O) groups excluding carboxylic acids is 2. The highest BCUT2D eigenvalue weighted by Crippen LogP contribution is 2.23. The number of amides is 2. The SMILES string of the molecule is Cc1ccc(-c2noc(CN3CCC(C(=O)Nc4ccccc4C(=O)NCC(C)C)CC3)n2)cc1. The summed E-state index contributed by atoms with van der Waals surface area (Å²) in [5.74, 6) is 1.19. The second-order valence-corrected chi connectivity index (χ2v) is 9.57. The van der Waals surface area contributed by atoms with Gasteiger partial charge in [-0.15, -0.1) is 0 Å². The van der Waals surface area contributed by atoms with Gasteiger partial charge < -0.3 is 15.2 Å². The third kappa shape index (κ3) is 6.54. The average molecular weight is 476 g/mol. The van der Waals surface area contributed by atoms with Crippen LogP contribution in [0.1, 0.15) is 48.5 Å². The van der Waals surface area contributed by atoms with Gasteiger partial charge in [-0.2, -0.15) is 4.98 Å². The molecule has 3 aromatic rings. The predicted octanol–water partition coefficient (Wildman–Crippen LogP) is 4.28. The first kappa shape index (κ1) is 24.6. The van der Waals surface area contributed by atoms with Crippen LogP contribution in [-0.4, -0.2) is 46.5 Å². The van der Waals surface area contributed by atoms with E-state index < -0.39 is 0 Å². The molecule has 2 amide bonds. The van der Waals surface area contributed by atoms with Crippen LogP contribution in [-0.2, 0) is 11.3 Å². The van der Waals surface area contributed by atoms with Gasteiger partial charge in [0.05, 0.1) is 17.8 Å². The number of aromatic nitrogens is 2. The van der Waals surface area contributed by atoms with E-state index >= 15 is 0 Å². The minimum atomic E-state index is -0.172. The zero-order valence-electron chi connectivity index (χ0n) is 20.6. The number of nitrogens with one attached hydrogen (secondary N) is 2. The van der Waals surface area contributed by atoms with E-state index in [9.17, 15) is 9.59 Å². The molecule has 1 saturated heterocycles. The molecule has 1 aromatic heterocycles. The Bertz CT molecular complexity index is 1150. The van der Waals surface area contributed by atoms with E-state index in [1.807, 2.05) is 51.1 Å². The van der Waals surface area contributed by atoms with Crippen molar-refractivity contribution in [3.8, 4) is 11.4 Å². The Labute approximate surface area is 206 Å². The third-order valence-corrected chi connectivity index (χ3v) is 6.20. The molecule has 4 rings (SSSR count). The van der Waals surface area contributed by atoms with Gasteiger partial charge in [-0.1, -0.05) is 61.0 Å². The molecule has 0 aliphatic carbocycles. The van der Waals surface area contributed by atoms with E-state index in [4.69, 9.17) is 4.52 Å². The molecule has 0 unspecified atom stereocenters. The topological polar surface area (TPSA) is 100 Å². The maximum atomic E-state index is 13.0. The summed E-state index contributed by atoms with van der Waals surface area (Å²) in [7, 11) is 0. The Morgan fingerprint density at radius 3 is 2.51 bits per heavy atom. The van der Waals surface area contributed by atoms with Crippen molar-refractivity contribution in [2.75, 3.05) is 25.0 Å². The zero-order valence-corrected chi connectivity index (χ0v) is 20.6. The number of benzene rings is 2. The number of likely N-dealkylation sites (tertiary alicyclic amines) is 1. The number of piperidine rings is 1. The number of aryl methyl sites for hydroxylation is 1. The van der Waals surface area contributed by atoms with Crippen molar-refractivity contribution in [3.05, 3.63) is 65.5 Å². The van der Waals surface area contributed by atoms with Gasteiger partial charge in [-0.25, -0.2) is 0 Å². The maximum Gasteiger partial charge on any atom is 0.253 e. The third-order valence-electron chi connectivity index (χ3n) is 6.20. The molecule has 1 aliphatic rings. The van der Waals surface area contributed by atoms with Gasteiger partial charge in [0, 0.05) is 18.0 Å². The Kier molecular flexibility index (Phi) is 7.92. The number of rotatable bonds is 8. The van der Waals surface area contributed by atoms with Gasteiger partial charge in [0.15, 0.2) is 0 Å². The van der Waals surface area contributed by atoms with Gasteiger partial charge in [-0.05, 0) is 50.9 Å². The summed E-state index contributed by atoms with van der Waals surface area (Å²) < 4.78 is 5.46. The lowest BCUT2D eigenvalue weighted by Crippen LogP contribution is -2.38. The molecule has 0 radical (unpaired) electrons. The largest absolute Gasteiger partial charge is 0.352 e. The van der Waals surface area contributed by atoms with Crippen molar-refractivity contribution in [3.63, 3.8) is 0 Å². The molecular formula is C27H33N5O3. The highest BCUT2D eigenvalue weighted by Gasteiger charge is 2.27. The highest BCUT2D eigenvalue weighted by atomic mass is 16.5. The minimum absolute atomic E-state index is 0.0480. The summed E-state index contributed by atoms with van der Waals surface area (Å²) in [6.07, 6.45) is 1.46. The second-order valence-electron chi connectivity index (χ2n) is 9.57. The van der Waals surface area contributed by atoms with Crippen molar-refractivity contribution in [2.24, 2.45) is 11.8 Å². The van der Waals surface area contributed by atoms with Crippen LogP contribution in [0.2, 0.25) is 0 Å². The highest BCUT2D eigenvalue weighted by molar-refractivity contribution is 6.04. The molecule has 0 atom stereocenters. The van der Waals surface area contributed by atoms with Crippen LogP contribution in [0.25, 0.3) is 11.4 Å². The van der Waals surface area contributed by atoms with Gasteiger partial charge in [0.2, 0.25) is 17.6 Å². The average Bonchev–Trinajstić information content (AvgIpc) is 3.32. The van der Waals surface area contributed by atoms with Crippen molar-refractivity contribution in [1.29, 1.82) is 0 Å². The van der Waals surface area contributed by atoms with E-state index in [0.717, 1.165) is 31.5 Å². The summed E-state index contributed by atoms with van der Waals surface area (Å²) in [4.78, 5) is 32.3. The van der Waals surface area contributed by atoms with Gasteiger partial charge in [0.1, 0.15) is 0 Å². The fourth-order valence-electron chi connectivity index (χ4n) is 4.10. The monoisotopic (exact) mass is 475 g/mol. The van der Waals surface area contributed by atoms with Crippen LogP contribution in [0.15, 0.2) is 53.1 Å². The number of nitrogens with zero attached hydrogens (tertiary/aromatic N) is 3. The molecule has 2 heterocycles. The smallest absolute Gasteiger partial charge is 0.253 e. The van der Waals surface area contributed by atoms with Crippen molar-refractivity contribution >= 4 is 17.5 Å². The van der Waals surface area contributed by atoms with Gasteiger partial charge in [0.25, 0.3) is 5.91 Å². The fraction of sp³-hybridized carbons (Fsp3) is 0.407. The van der Waals surface area contributed by atoms with Crippen LogP contribution in [0, 0.1) is 18.8 Å². The van der Waals surface area contributed by atoms with E-state index in [2.05, 4.69) is 25.7 Å². The summed E-state index contributed by atoms with van der Waals surface area (Å²) in [6, 6.07) is 15.2. The first-order valence-electron chi connectivity index (χ1n) is 12.2. The lowest BCUT2D eigenvalue weighted by atomic mass is 9.95. The number of hydrogen-bond acceptors (Lipinski definition) is 6. The van der Waals surface area contributed by atoms with Gasteiger partial charge in [-0.3, -0.25) is 14.5 Å². The van der Waals surface area contributed by atoms with Crippen LogP contribution in [0.4, 0.5) is 5.69 Å². The van der Waals surface area contributed by atoms with Crippen LogP contribution in [0.3, 0.4) is 0 Å². The van der Waals surface area contributed by atoms with Gasteiger partial charge >= 0.3 is 0 Å². The van der Waals surface area contributed by atoms with E-state index in [1.165, 1.54) is 5.56 Å². The Morgan fingerprint density at radius 1 is 1.09 bits per heavy atom. The molecule has 8 nitrogen and oxygen atoms in total. The standard InChI is InChI=1S/C27H33N5O3/c1-18(2)16-28-27(34)22-6-4-5-7-23(22)29-26(33)21-12-14-32(15-13-21)17-24-30-25(31-35-24)20-10-8-19(3)9-11-20/h4-11,18,21H,12-17H2,1-3H3,(H,28,34)(H,29,33). The zero-order chi connectivity index (χ0) is 24.8. The first-order valence-corrected chi connectivity index (χ1v) is 12.2. The Morgan fingerprint density at radius 2 is 1.80 bits per heavy atom. The number of anilines is 1. The summed E-state index contributed by atoms with van der Waals surface area (Å²) >= 11 is 0. The van der Waals surface area contributed by atoms with Crippen molar-refractivity contribution in [2.45, 2.75) is 40.2 Å². The van der Waals surface area contributed by atoms with Crippen LogP contribution < -0.4 is 10.6 Å². The fourth-order valence-corrected chi connectivity index (χ4v) is 4.10. The number of para-hydroxylation sites is 1. The lowest BCUT2D eigenvalue weighted by molar-refractivity contribution is -0.121. The summed E-state index contributed by atoms with van der Waals surface area (Å²) in [5.41, 5.74) is 3.15. The summed E-state index contributed by atoms with van der Waals surface area (Å²) in [6.45, 7) is 8.80. The molecule has 184 valence electrons. The second kappa shape index (κ2) is 11.3. The molecule has 1 aliphatic heterocycles. The molecule has 0 bridgehead atoms. The molecule has 2 N–H and O–H groups in total. The summed E-state index contributed by atoms with van der Waals surface area (Å²) in [5, 5.41) is 10.0. The Balaban J connectivity index is 1.29. The van der Waals surface area contributed by atoms with Crippen LogP contribution >= 0.6 is 0 Å². The Hall–Kier alpha value is -3.52. The maximum absolute atomic E-state index is 13.0. The minimum Gasteiger partial charge on any atom is -0.352 e. The molecular weight excluding hydrogens is 442 g/mol. The predicted molar refractivity (Wildman–Crippen MR) is 135 cm³/mol. The quantitative estimate of drug-likeness (QED) is 0.504. The molecule has 2 aromatic carbocycles. The first-order chi connectivity index (χ1) is 16.9. The lowest BCUT2D eigenvalue weighted by Gasteiger charge is -2.30. The van der Waals surface area contributed by atoms with E-state index in [-0.39, 0.29) is 17.7 Å². The van der Waals surface area contributed by atoms with E-state index in [0.29, 0.717) is 42.0 Å². The van der Waals surface area contributed by atoms with Crippen molar-refractivity contribution < 1.29 is 14.1 Å². The van der Waals surface area contributed by atoms with Crippen molar-refractivity contribution in [1.82, 2.24) is 20.4 Å². The van der Waals surface area contributed by atoms with Crippen LogP contribution in [0.5, 0.6) is 0 Å². The molecule has 0 saturated carbocycles. The molecule has 0 spiro atoms. The van der Waals surface area contributed by atoms with E-state index in [1.54, 1.807) is 18.2 Å². The number of carbonyl (C=O) groups is 2.